The van der Waals surface area contributed by atoms with Gasteiger partial charge in [-0.25, -0.2) is 4.39 Å². The molecule has 19 heavy (non-hydrogen) atoms. The minimum atomic E-state index is -0.412. The molecule has 1 aromatic rings. The third-order valence-electron chi connectivity index (χ3n) is 3.80. The monoisotopic (exact) mass is 303 g/mol. The molecule has 0 aromatic heterocycles. The second kappa shape index (κ2) is 6.43. The predicted octanol–water partition coefficient (Wildman–Crippen LogP) is 5.36. The quantitative estimate of drug-likeness (QED) is 0.697. The average molecular weight is 304 g/mol. The highest BCUT2D eigenvalue weighted by molar-refractivity contribution is 6.35. The fourth-order valence-corrected chi connectivity index (χ4v) is 2.97. The molecule has 0 spiro atoms. The first kappa shape index (κ1) is 15.1. The van der Waals surface area contributed by atoms with Crippen molar-refractivity contribution in [3.8, 4) is 0 Å². The molecule has 1 fully saturated rings. The third-order valence-corrected chi connectivity index (χ3v) is 4.42. The fraction of sp³-hybridized carbons (Fsp3) is 0.600. The summed E-state index contributed by atoms with van der Waals surface area (Å²) in [5, 5.41) is 4.14. The normalized spacial score (nSPS) is 18.4. The Morgan fingerprint density at radius 3 is 2.58 bits per heavy atom. The number of nitrogens with one attached hydrogen (secondary N) is 1. The van der Waals surface area contributed by atoms with E-state index in [4.69, 9.17) is 23.2 Å². The van der Waals surface area contributed by atoms with Gasteiger partial charge in [-0.2, -0.15) is 0 Å². The first-order valence-electron chi connectivity index (χ1n) is 6.91. The molecule has 1 aliphatic rings. The standard InChI is InChI=1S/C15H20Cl2FN/c1-3-11(6-10-4-5-10)19-9(2)12-7-15(18)14(17)8-13(12)16/h7-11,19H,3-6H2,1-2H3. The molecule has 0 saturated heterocycles. The van der Waals surface area contributed by atoms with Crippen LogP contribution in [0, 0.1) is 11.7 Å². The minimum Gasteiger partial charge on any atom is -0.307 e. The summed E-state index contributed by atoms with van der Waals surface area (Å²) in [6, 6.07) is 3.42. The maximum atomic E-state index is 13.5. The van der Waals surface area contributed by atoms with E-state index in [1.165, 1.54) is 31.4 Å². The van der Waals surface area contributed by atoms with E-state index in [-0.39, 0.29) is 11.1 Å². The van der Waals surface area contributed by atoms with Gasteiger partial charge < -0.3 is 5.32 Å². The Balaban J connectivity index is 2.05. The van der Waals surface area contributed by atoms with E-state index in [1.807, 2.05) is 6.92 Å². The second-order valence-corrected chi connectivity index (χ2v) is 6.27. The zero-order chi connectivity index (χ0) is 14.0. The molecule has 1 saturated carbocycles. The molecule has 1 nitrogen and oxygen atoms in total. The minimum absolute atomic E-state index is 0.0305. The van der Waals surface area contributed by atoms with Crippen molar-refractivity contribution in [1.29, 1.82) is 0 Å². The Morgan fingerprint density at radius 2 is 2.00 bits per heavy atom. The maximum Gasteiger partial charge on any atom is 0.142 e. The van der Waals surface area contributed by atoms with Gasteiger partial charge in [-0.1, -0.05) is 43.0 Å². The van der Waals surface area contributed by atoms with Gasteiger partial charge in [0.2, 0.25) is 0 Å². The van der Waals surface area contributed by atoms with Gasteiger partial charge in [0, 0.05) is 17.1 Å². The van der Waals surface area contributed by atoms with Gasteiger partial charge in [-0.15, -0.1) is 0 Å². The predicted molar refractivity (Wildman–Crippen MR) is 79.4 cm³/mol. The van der Waals surface area contributed by atoms with E-state index in [9.17, 15) is 4.39 Å². The molecular formula is C15H20Cl2FN. The van der Waals surface area contributed by atoms with Crippen LogP contribution in [-0.4, -0.2) is 6.04 Å². The number of hydrogen-bond donors (Lipinski definition) is 1. The van der Waals surface area contributed by atoms with Crippen molar-refractivity contribution in [3.63, 3.8) is 0 Å². The molecule has 0 radical (unpaired) electrons. The summed E-state index contributed by atoms with van der Waals surface area (Å²) in [6.07, 6.45) is 4.98. The van der Waals surface area contributed by atoms with Gasteiger partial charge in [-0.05, 0) is 43.4 Å². The largest absolute Gasteiger partial charge is 0.307 e. The van der Waals surface area contributed by atoms with E-state index in [0.29, 0.717) is 11.1 Å². The van der Waals surface area contributed by atoms with Crippen molar-refractivity contribution < 1.29 is 4.39 Å². The van der Waals surface area contributed by atoms with Crippen LogP contribution < -0.4 is 5.32 Å². The van der Waals surface area contributed by atoms with Crippen LogP contribution in [-0.2, 0) is 0 Å². The van der Waals surface area contributed by atoms with Crippen molar-refractivity contribution in [2.24, 2.45) is 5.92 Å². The highest BCUT2D eigenvalue weighted by Crippen LogP contribution is 2.35. The summed E-state index contributed by atoms with van der Waals surface area (Å²) >= 11 is 11.9. The molecule has 0 aliphatic heterocycles. The molecule has 4 heteroatoms. The number of hydrogen-bond acceptors (Lipinski definition) is 1. The van der Waals surface area contributed by atoms with Crippen LogP contribution in [0.2, 0.25) is 10.0 Å². The lowest BCUT2D eigenvalue weighted by Crippen LogP contribution is -2.31. The molecule has 0 amide bonds. The molecule has 0 bridgehead atoms. The van der Waals surface area contributed by atoms with Crippen LogP contribution in [0.15, 0.2) is 12.1 Å². The zero-order valence-electron chi connectivity index (χ0n) is 11.3. The van der Waals surface area contributed by atoms with Crippen LogP contribution in [0.1, 0.15) is 51.1 Å². The van der Waals surface area contributed by atoms with Gasteiger partial charge in [0.1, 0.15) is 5.82 Å². The van der Waals surface area contributed by atoms with E-state index < -0.39 is 5.82 Å². The molecule has 1 aromatic carbocycles. The SMILES string of the molecule is CCC(CC1CC1)NC(C)c1cc(F)c(Cl)cc1Cl. The van der Waals surface area contributed by atoms with Gasteiger partial charge in [0.15, 0.2) is 0 Å². The van der Waals surface area contributed by atoms with Crippen molar-refractivity contribution >= 4 is 23.2 Å². The van der Waals surface area contributed by atoms with Crippen molar-refractivity contribution in [1.82, 2.24) is 5.32 Å². The number of halogens is 3. The fourth-order valence-electron chi connectivity index (χ4n) is 2.42. The van der Waals surface area contributed by atoms with Gasteiger partial charge in [0.05, 0.1) is 5.02 Å². The summed E-state index contributed by atoms with van der Waals surface area (Å²) in [5.41, 5.74) is 0.776. The van der Waals surface area contributed by atoms with Crippen LogP contribution in [0.25, 0.3) is 0 Å². The number of rotatable bonds is 6. The highest BCUT2D eigenvalue weighted by Gasteiger charge is 2.26. The molecular weight excluding hydrogens is 284 g/mol. The summed E-state index contributed by atoms with van der Waals surface area (Å²) in [6.45, 7) is 4.20. The van der Waals surface area contributed by atoms with Crippen LogP contribution >= 0.6 is 23.2 Å². The molecule has 2 atom stereocenters. The smallest absolute Gasteiger partial charge is 0.142 e. The van der Waals surface area contributed by atoms with Crippen molar-refractivity contribution in [3.05, 3.63) is 33.6 Å². The van der Waals surface area contributed by atoms with E-state index in [0.717, 1.165) is 17.9 Å². The van der Waals surface area contributed by atoms with Gasteiger partial charge >= 0.3 is 0 Å². The Bertz CT molecular complexity index is 446. The maximum absolute atomic E-state index is 13.5. The van der Waals surface area contributed by atoms with Gasteiger partial charge in [0.25, 0.3) is 0 Å². The van der Waals surface area contributed by atoms with E-state index >= 15 is 0 Å². The Labute approximate surface area is 124 Å². The second-order valence-electron chi connectivity index (χ2n) is 5.46. The van der Waals surface area contributed by atoms with E-state index in [2.05, 4.69) is 12.2 Å². The van der Waals surface area contributed by atoms with Crippen LogP contribution in [0.4, 0.5) is 4.39 Å². The summed E-state index contributed by atoms with van der Waals surface area (Å²) in [4.78, 5) is 0. The van der Waals surface area contributed by atoms with Crippen molar-refractivity contribution in [2.75, 3.05) is 0 Å². The zero-order valence-corrected chi connectivity index (χ0v) is 12.9. The van der Waals surface area contributed by atoms with E-state index in [1.54, 1.807) is 0 Å². The Hall–Kier alpha value is -0.310. The highest BCUT2D eigenvalue weighted by atomic mass is 35.5. The Kier molecular flexibility index (Phi) is 5.10. The lowest BCUT2D eigenvalue weighted by molar-refractivity contribution is 0.403. The topological polar surface area (TPSA) is 12.0 Å². The molecule has 2 rings (SSSR count). The molecule has 106 valence electrons. The lowest BCUT2D eigenvalue weighted by Gasteiger charge is -2.23. The molecule has 1 aliphatic carbocycles. The van der Waals surface area contributed by atoms with Gasteiger partial charge in [-0.3, -0.25) is 0 Å². The summed E-state index contributed by atoms with van der Waals surface area (Å²) in [7, 11) is 0. The lowest BCUT2D eigenvalue weighted by atomic mass is 10.0. The average Bonchev–Trinajstić information content (AvgIpc) is 3.16. The molecule has 2 unspecified atom stereocenters. The molecule has 0 heterocycles. The number of benzene rings is 1. The summed E-state index contributed by atoms with van der Waals surface area (Å²) in [5.74, 6) is 0.465. The third kappa shape index (κ3) is 4.08. The van der Waals surface area contributed by atoms with Crippen molar-refractivity contribution in [2.45, 2.75) is 51.6 Å². The first-order chi connectivity index (χ1) is 9.01. The summed E-state index contributed by atoms with van der Waals surface area (Å²) < 4.78 is 13.5. The molecule has 1 N–H and O–H groups in total. The van der Waals surface area contributed by atoms with Crippen LogP contribution in [0.3, 0.4) is 0 Å². The Morgan fingerprint density at radius 1 is 1.32 bits per heavy atom. The first-order valence-corrected chi connectivity index (χ1v) is 7.67. The van der Waals surface area contributed by atoms with Crippen LogP contribution in [0.5, 0.6) is 0 Å².